The van der Waals surface area contributed by atoms with Crippen molar-refractivity contribution in [2.24, 2.45) is 0 Å². The molecule has 25 valence electrons. The fourth-order valence-corrected chi connectivity index (χ4v) is 0. The molecule has 0 heterocycles. The van der Waals surface area contributed by atoms with E-state index < -0.39 is 0 Å². The summed E-state index contributed by atoms with van der Waals surface area (Å²) in [5, 5.41) is 0. The van der Waals surface area contributed by atoms with Crippen molar-refractivity contribution < 1.29 is 0 Å². The first-order valence-electron chi connectivity index (χ1n) is 1.33. The quantitative estimate of drug-likeness (QED) is 0.369. The summed E-state index contributed by atoms with van der Waals surface area (Å²) in [5.74, 6) is 2.22. The number of hydrogen-bond acceptors (Lipinski definition) is 0. The maximum Gasteiger partial charge on any atom is -0.00132 e. The Balaban J connectivity index is 3.35. The van der Waals surface area contributed by atoms with Gasteiger partial charge in [-0.1, -0.05) is 12.5 Å². The lowest BCUT2D eigenvalue weighted by atomic mass is 10.4. The van der Waals surface area contributed by atoms with Gasteiger partial charge in [0.15, 0.2) is 0 Å². The lowest BCUT2D eigenvalue weighted by Gasteiger charge is -1.66. The Morgan fingerprint density at radius 2 is 2.00 bits per heavy atom. The molecule has 0 aliphatic carbocycles. The molecule has 0 aliphatic heterocycles. The van der Waals surface area contributed by atoms with Gasteiger partial charge < -0.3 is 0 Å². The molecule has 0 heteroatoms. The van der Waals surface area contributed by atoms with E-state index in [-0.39, 0.29) is 0 Å². The van der Waals surface area contributed by atoms with Crippen molar-refractivity contribution in [2.75, 3.05) is 0 Å². The minimum absolute atomic E-state index is 0.532. The van der Waals surface area contributed by atoms with Crippen LogP contribution in [0.5, 0.6) is 0 Å². The Morgan fingerprint density at radius 1 is 1.80 bits per heavy atom. The number of rotatable bonds is 0. The molecule has 0 nitrogen and oxygen atoms in total. The molecule has 0 rings (SSSR count). The SMILES string of the molecule is [CH]=C(C)C#C. The fraction of sp³-hybridized carbons (Fsp3) is 0.200. The summed E-state index contributed by atoms with van der Waals surface area (Å²) in [7, 11) is 0. The molecule has 0 aromatic heterocycles. The van der Waals surface area contributed by atoms with Gasteiger partial charge in [0, 0.05) is 0 Å². The molecule has 1 radical (unpaired) electrons. The van der Waals surface area contributed by atoms with Gasteiger partial charge >= 0.3 is 0 Å². The Bertz CT molecular complexity index is 72.5. The zero-order chi connectivity index (χ0) is 4.28. The highest BCUT2D eigenvalue weighted by atomic mass is 13.6. The van der Waals surface area contributed by atoms with E-state index in [2.05, 4.69) is 5.92 Å². The average Bonchev–Trinajstić information content (AvgIpc) is 1.38. The van der Waals surface area contributed by atoms with Crippen molar-refractivity contribution >= 4 is 0 Å². The zero-order valence-electron chi connectivity index (χ0n) is 3.15. The molecule has 0 saturated heterocycles. The number of hydrogen-bond donors (Lipinski definition) is 0. The number of terminal acetylenes is 1. The molecule has 5 heavy (non-hydrogen) atoms. The fourth-order valence-electron chi connectivity index (χ4n) is 0. The first-order chi connectivity index (χ1) is 2.27. The molecule has 0 atom stereocenters. The van der Waals surface area contributed by atoms with Crippen LogP contribution in [-0.4, -0.2) is 0 Å². The van der Waals surface area contributed by atoms with Gasteiger partial charge in [0.05, 0.1) is 0 Å². The second-order valence-electron chi connectivity index (χ2n) is 0.827. The van der Waals surface area contributed by atoms with Crippen LogP contribution in [0, 0.1) is 18.9 Å². The molecule has 0 aromatic carbocycles. The van der Waals surface area contributed by atoms with E-state index in [0.717, 1.165) is 0 Å². The zero-order valence-corrected chi connectivity index (χ0v) is 3.15. The molecule has 0 fully saturated rings. The third-order valence-electron chi connectivity index (χ3n) is 0.228. The van der Waals surface area contributed by atoms with Gasteiger partial charge in [0.2, 0.25) is 0 Å². The first kappa shape index (κ1) is 4.30. The van der Waals surface area contributed by atoms with Crippen LogP contribution >= 0.6 is 0 Å². The van der Waals surface area contributed by atoms with Gasteiger partial charge in [0.25, 0.3) is 0 Å². The lowest BCUT2D eigenvalue weighted by molar-refractivity contribution is 1.61. The average molecular weight is 65.1 g/mol. The van der Waals surface area contributed by atoms with Crippen molar-refractivity contribution in [1.82, 2.24) is 0 Å². The van der Waals surface area contributed by atoms with E-state index in [1.807, 2.05) is 0 Å². The topological polar surface area (TPSA) is 0 Å². The normalized spacial score (nSPS) is 5.60. The highest BCUT2D eigenvalue weighted by Crippen LogP contribution is 1.74. The standard InChI is InChI=1S/C5H5/c1-4-5(2)3/h1-2H,3H3. The highest BCUT2D eigenvalue weighted by molar-refractivity contribution is 5.15. The van der Waals surface area contributed by atoms with Crippen LogP contribution < -0.4 is 0 Å². The van der Waals surface area contributed by atoms with E-state index in [9.17, 15) is 0 Å². The van der Waals surface area contributed by atoms with Crippen LogP contribution in [0.2, 0.25) is 0 Å². The molecule has 0 unspecified atom stereocenters. The van der Waals surface area contributed by atoms with Crippen molar-refractivity contribution in [2.45, 2.75) is 6.92 Å². The molecule has 0 aromatic rings. The second kappa shape index (κ2) is 1.60. The summed E-state index contributed by atoms with van der Waals surface area (Å²) < 4.78 is 0. The maximum atomic E-state index is 4.97. The summed E-state index contributed by atoms with van der Waals surface area (Å²) in [6, 6.07) is 0. The minimum Gasteiger partial charge on any atom is -0.115 e. The van der Waals surface area contributed by atoms with Gasteiger partial charge in [-0.25, -0.2) is 0 Å². The van der Waals surface area contributed by atoms with Crippen LogP contribution in [0.15, 0.2) is 5.57 Å². The molecule has 0 spiro atoms. The number of allylic oxidation sites excluding steroid dienone is 1. The second-order valence-corrected chi connectivity index (χ2v) is 0.827. The van der Waals surface area contributed by atoms with Crippen molar-refractivity contribution in [1.29, 1.82) is 0 Å². The van der Waals surface area contributed by atoms with Crippen LogP contribution in [0.25, 0.3) is 0 Å². The summed E-state index contributed by atoms with van der Waals surface area (Å²) in [4.78, 5) is 0. The van der Waals surface area contributed by atoms with E-state index >= 15 is 0 Å². The van der Waals surface area contributed by atoms with E-state index in [4.69, 9.17) is 13.0 Å². The molecule has 0 bridgehead atoms. The van der Waals surface area contributed by atoms with Crippen molar-refractivity contribution in [3.63, 3.8) is 0 Å². The Morgan fingerprint density at radius 3 is 2.00 bits per heavy atom. The molecule has 0 amide bonds. The van der Waals surface area contributed by atoms with Crippen molar-refractivity contribution in [3.8, 4) is 12.3 Å². The van der Waals surface area contributed by atoms with Crippen LogP contribution in [0.1, 0.15) is 6.92 Å². The van der Waals surface area contributed by atoms with E-state index in [0.29, 0.717) is 5.57 Å². The smallest absolute Gasteiger partial charge is 0.00132 e. The summed E-state index contributed by atoms with van der Waals surface area (Å²) in [6.45, 7) is 6.65. The summed E-state index contributed by atoms with van der Waals surface area (Å²) in [6.07, 6.45) is 4.76. The van der Waals surface area contributed by atoms with E-state index in [1.54, 1.807) is 6.92 Å². The maximum absolute atomic E-state index is 4.97. The predicted octanol–water partition coefficient (Wildman–Crippen LogP) is 0.999. The third-order valence-corrected chi connectivity index (χ3v) is 0.228. The van der Waals surface area contributed by atoms with Crippen molar-refractivity contribution in [3.05, 3.63) is 12.2 Å². The summed E-state index contributed by atoms with van der Waals surface area (Å²) in [5.41, 5.74) is 0.532. The van der Waals surface area contributed by atoms with Gasteiger partial charge in [-0.2, -0.15) is 0 Å². The van der Waals surface area contributed by atoms with Gasteiger partial charge in [-0.05, 0) is 12.5 Å². The predicted molar refractivity (Wildman–Crippen MR) is 22.3 cm³/mol. The van der Waals surface area contributed by atoms with Crippen LogP contribution in [-0.2, 0) is 0 Å². The van der Waals surface area contributed by atoms with Gasteiger partial charge in [0.1, 0.15) is 0 Å². The van der Waals surface area contributed by atoms with Gasteiger partial charge in [-0.3, -0.25) is 0 Å². The molecule has 0 N–H and O–H groups in total. The highest BCUT2D eigenvalue weighted by Gasteiger charge is 1.60. The summed E-state index contributed by atoms with van der Waals surface area (Å²) >= 11 is 0. The minimum atomic E-state index is 0.532. The molecular weight excluding hydrogens is 60.1 g/mol. The molecule has 0 aliphatic rings. The monoisotopic (exact) mass is 65.0 g/mol. The Labute approximate surface area is 32.5 Å². The Hall–Kier alpha value is -0.700. The molecular formula is C5H5. The van der Waals surface area contributed by atoms with Crippen LogP contribution in [0.3, 0.4) is 0 Å². The first-order valence-corrected chi connectivity index (χ1v) is 1.33. The lowest BCUT2D eigenvalue weighted by Crippen LogP contribution is -1.52. The van der Waals surface area contributed by atoms with Crippen LogP contribution in [0.4, 0.5) is 0 Å². The third kappa shape index (κ3) is 3.30. The largest absolute Gasteiger partial charge is 0.115 e. The molecule has 0 saturated carbocycles. The van der Waals surface area contributed by atoms with E-state index in [1.165, 1.54) is 0 Å². The Kier molecular flexibility index (Phi) is 1.38. The van der Waals surface area contributed by atoms with Gasteiger partial charge in [-0.15, -0.1) is 6.42 Å².